The van der Waals surface area contributed by atoms with Gasteiger partial charge in [0.15, 0.2) is 5.17 Å². The number of hydrogen-bond acceptors (Lipinski definition) is 7. The second kappa shape index (κ2) is 9.76. The van der Waals surface area contributed by atoms with Crippen molar-refractivity contribution in [3.63, 3.8) is 0 Å². The molecule has 4 rings (SSSR count). The van der Waals surface area contributed by atoms with Gasteiger partial charge in [0.2, 0.25) is 5.91 Å². The SMILES string of the molecule is C[C@@H](O)[C@H]1C(=O)N2C(C(=O)[O-])=C(COc3cccc4c(C[N+](C)(C)CSC(=N)N)cccc34)[C@H](C)[C@H]12. The van der Waals surface area contributed by atoms with E-state index in [0.717, 1.165) is 22.9 Å². The number of nitrogens with one attached hydrogen (secondary N) is 1. The second-order valence-corrected chi connectivity index (χ2v) is 11.2. The molecule has 36 heavy (non-hydrogen) atoms. The monoisotopic (exact) mass is 512 g/mol. The van der Waals surface area contributed by atoms with Crippen LogP contribution in [0.15, 0.2) is 47.7 Å². The van der Waals surface area contributed by atoms with E-state index in [2.05, 4.69) is 20.2 Å². The molecule has 0 aliphatic carbocycles. The van der Waals surface area contributed by atoms with E-state index in [1.54, 1.807) is 6.92 Å². The van der Waals surface area contributed by atoms with Gasteiger partial charge in [-0.1, -0.05) is 37.3 Å². The van der Waals surface area contributed by atoms with Crippen LogP contribution in [0.2, 0.25) is 0 Å². The van der Waals surface area contributed by atoms with Gasteiger partial charge in [-0.15, -0.1) is 0 Å². The van der Waals surface area contributed by atoms with Crippen molar-refractivity contribution in [3.8, 4) is 5.75 Å². The number of nitrogens with two attached hydrogens (primary N) is 1. The van der Waals surface area contributed by atoms with Gasteiger partial charge in [-0.05, 0) is 35.7 Å². The number of aliphatic hydroxyl groups excluding tert-OH is 1. The van der Waals surface area contributed by atoms with Crippen molar-refractivity contribution >= 4 is 39.6 Å². The number of benzene rings is 2. The number of carbonyl (C=O) groups is 2. The second-order valence-electron chi connectivity index (χ2n) is 10.2. The van der Waals surface area contributed by atoms with Gasteiger partial charge < -0.3 is 34.9 Å². The molecule has 0 aromatic heterocycles. The molecule has 2 aromatic rings. The number of amidine groups is 1. The summed E-state index contributed by atoms with van der Waals surface area (Å²) in [6.07, 6.45) is -0.863. The Kier molecular flexibility index (Phi) is 7.05. The van der Waals surface area contributed by atoms with Gasteiger partial charge in [-0.25, -0.2) is 0 Å². The number of nitrogens with zero attached hydrogens (tertiary/aromatic N) is 2. The highest BCUT2D eigenvalue weighted by Crippen LogP contribution is 2.47. The van der Waals surface area contributed by atoms with Gasteiger partial charge in [0.1, 0.15) is 24.8 Å². The molecule has 192 valence electrons. The van der Waals surface area contributed by atoms with Crippen molar-refractivity contribution in [1.82, 2.24) is 4.90 Å². The van der Waals surface area contributed by atoms with E-state index in [9.17, 15) is 19.8 Å². The summed E-state index contributed by atoms with van der Waals surface area (Å²) in [6.45, 7) is 4.12. The zero-order valence-electron chi connectivity index (χ0n) is 20.9. The molecule has 4 N–H and O–H groups in total. The molecule has 1 amide bonds. The molecule has 0 bridgehead atoms. The van der Waals surface area contributed by atoms with Crippen LogP contribution in [0.4, 0.5) is 0 Å². The molecule has 4 atom stereocenters. The van der Waals surface area contributed by atoms with Crippen LogP contribution >= 0.6 is 11.8 Å². The minimum Gasteiger partial charge on any atom is -0.543 e. The smallest absolute Gasteiger partial charge is 0.235 e. The molecule has 1 fully saturated rings. The number of aliphatic carboxylic acids is 1. The first kappa shape index (κ1) is 26.0. The molecular formula is C26H32N4O5S. The van der Waals surface area contributed by atoms with Crippen LogP contribution in [-0.4, -0.2) is 70.3 Å². The first-order chi connectivity index (χ1) is 16.9. The summed E-state index contributed by atoms with van der Waals surface area (Å²) in [5, 5.41) is 31.5. The summed E-state index contributed by atoms with van der Waals surface area (Å²) in [4.78, 5) is 25.8. The van der Waals surface area contributed by atoms with Gasteiger partial charge in [-0.3, -0.25) is 10.2 Å². The van der Waals surface area contributed by atoms with Crippen LogP contribution in [0.3, 0.4) is 0 Å². The fourth-order valence-corrected chi connectivity index (χ4v) is 5.92. The molecule has 0 saturated carbocycles. The number of β-lactam (4-membered cyclic amide) rings is 1. The van der Waals surface area contributed by atoms with Crippen LogP contribution in [-0.2, 0) is 16.1 Å². The van der Waals surface area contributed by atoms with E-state index in [0.29, 0.717) is 21.7 Å². The Labute approximate surface area is 214 Å². The Morgan fingerprint density at radius 2 is 1.94 bits per heavy atom. The summed E-state index contributed by atoms with van der Waals surface area (Å²) < 4.78 is 6.80. The summed E-state index contributed by atoms with van der Waals surface area (Å²) in [6, 6.07) is 11.4. The number of rotatable bonds is 9. The summed E-state index contributed by atoms with van der Waals surface area (Å²) in [7, 11) is 4.16. The third-order valence-electron chi connectivity index (χ3n) is 7.03. The number of amides is 1. The lowest BCUT2D eigenvalue weighted by Crippen LogP contribution is -2.64. The minimum absolute atomic E-state index is 0.00254. The van der Waals surface area contributed by atoms with E-state index >= 15 is 0 Å². The van der Waals surface area contributed by atoms with Gasteiger partial charge in [0, 0.05) is 16.9 Å². The molecule has 2 aliphatic rings. The first-order valence-corrected chi connectivity index (χ1v) is 12.8. The lowest BCUT2D eigenvalue weighted by atomic mass is 9.78. The molecule has 0 radical (unpaired) electrons. The predicted molar refractivity (Wildman–Crippen MR) is 137 cm³/mol. The van der Waals surface area contributed by atoms with Gasteiger partial charge in [0.05, 0.1) is 43.8 Å². The third kappa shape index (κ3) is 4.68. The Balaban J connectivity index is 1.59. The van der Waals surface area contributed by atoms with Crippen molar-refractivity contribution in [3.05, 3.63) is 53.2 Å². The van der Waals surface area contributed by atoms with Crippen molar-refractivity contribution in [2.75, 3.05) is 26.6 Å². The Hall–Kier alpha value is -3.08. The zero-order chi connectivity index (χ0) is 26.4. The molecule has 2 aliphatic heterocycles. The van der Waals surface area contributed by atoms with E-state index in [4.69, 9.17) is 15.9 Å². The molecule has 0 unspecified atom stereocenters. The van der Waals surface area contributed by atoms with Crippen LogP contribution in [0.5, 0.6) is 5.75 Å². The quantitative estimate of drug-likeness (QED) is 0.151. The van der Waals surface area contributed by atoms with Crippen molar-refractivity contribution < 1.29 is 29.0 Å². The van der Waals surface area contributed by atoms with Crippen LogP contribution in [0.25, 0.3) is 10.8 Å². The highest BCUT2D eigenvalue weighted by Gasteiger charge is 2.58. The van der Waals surface area contributed by atoms with Crippen LogP contribution < -0.4 is 15.6 Å². The van der Waals surface area contributed by atoms with Crippen LogP contribution in [0.1, 0.15) is 19.4 Å². The fourth-order valence-electron chi connectivity index (χ4n) is 5.34. The molecular weight excluding hydrogens is 480 g/mol. The first-order valence-electron chi connectivity index (χ1n) is 11.8. The number of thioether (sulfide) groups is 1. The fraction of sp³-hybridized carbons (Fsp3) is 0.423. The average molecular weight is 513 g/mol. The van der Waals surface area contributed by atoms with Gasteiger partial charge in [-0.2, -0.15) is 0 Å². The highest BCUT2D eigenvalue weighted by atomic mass is 32.2. The van der Waals surface area contributed by atoms with E-state index in [1.807, 2.05) is 37.3 Å². The van der Waals surface area contributed by atoms with Gasteiger partial charge in [0.25, 0.3) is 0 Å². The van der Waals surface area contributed by atoms with Crippen molar-refractivity contribution in [2.24, 2.45) is 17.6 Å². The highest BCUT2D eigenvalue weighted by molar-refractivity contribution is 8.13. The number of quaternary nitrogens is 1. The molecule has 2 aromatic carbocycles. The van der Waals surface area contributed by atoms with E-state index < -0.39 is 29.9 Å². The molecule has 2 heterocycles. The Morgan fingerprint density at radius 1 is 1.28 bits per heavy atom. The van der Waals surface area contributed by atoms with E-state index in [1.165, 1.54) is 16.7 Å². The Bertz CT molecular complexity index is 1260. The summed E-state index contributed by atoms with van der Waals surface area (Å²) in [5.41, 5.74) is 6.98. The minimum atomic E-state index is -1.41. The topological polar surface area (TPSA) is 140 Å². The van der Waals surface area contributed by atoms with Crippen molar-refractivity contribution in [2.45, 2.75) is 32.5 Å². The lowest BCUT2D eigenvalue weighted by Gasteiger charge is -2.47. The zero-order valence-corrected chi connectivity index (χ0v) is 21.7. The molecule has 1 saturated heterocycles. The number of hydrogen-bond donors (Lipinski definition) is 3. The number of fused-ring (bicyclic) bond motifs is 2. The average Bonchev–Trinajstić information content (AvgIpc) is 3.04. The predicted octanol–water partition coefficient (Wildman–Crippen LogP) is 1.24. The number of carboxylic acid groups (broad SMARTS) is 1. The third-order valence-corrected chi connectivity index (χ3v) is 8.17. The standard InChI is InChI=1S/C26H32N4O5S/c1-14-19(23(25(33)34)29-22(14)21(15(2)31)24(29)32)12-35-20-10-6-8-17-16(7-5-9-18(17)20)11-30(3,4)13-36-26(27)28/h5-10,14-15,21-22,31H,11-13H2,1-4H3,(H3-,27,28,33,34)/t14-,15+,21+,22+/m0/s1. The maximum atomic E-state index is 12.6. The maximum Gasteiger partial charge on any atom is 0.235 e. The number of aliphatic hydroxyl groups is 1. The summed E-state index contributed by atoms with van der Waals surface area (Å²) >= 11 is 1.31. The number of ether oxygens (including phenoxy) is 1. The van der Waals surface area contributed by atoms with Crippen LogP contribution in [0, 0.1) is 17.2 Å². The molecule has 0 spiro atoms. The number of carbonyl (C=O) groups excluding carboxylic acids is 2. The molecule has 9 nitrogen and oxygen atoms in total. The summed E-state index contributed by atoms with van der Waals surface area (Å²) in [5.74, 6) is -1.45. The Morgan fingerprint density at radius 3 is 2.58 bits per heavy atom. The lowest BCUT2D eigenvalue weighted by molar-refractivity contribution is -0.890. The number of carboxylic acids is 1. The van der Waals surface area contributed by atoms with Gasteiger partial charge >= 0.3 is 0 Å². The normalized spacial score (nSPS) is 22.4. The van der Waals surface area contributed by atoms with E-state index in [-0.39, 0.29) is 23.4 Å². The largest absolute Gasteiger partial charge is 0.543 e. The molecule has 10 heteroatoms. The van der Waals surface area contributed by atoms with Crippen molar-refractivity contribution in [1.29, 1.82) is 5.41 Å². The maximum absolute atomic E-state index is 12.6.